The number of amides is 1. The molecule has 5 rings (SSSR count). The number of nitrogens with zero attached hydrogens (tertiary/aromatic N) is 2. The molecular formula is C32H32F3N3O3. The van der Waals surface area contributed by atoms with Gasteiger partial charge >= 0.3 is 6.18 Å². The van der Waals surface area contributed by atoms with Crippen LogP contribution in [0.5, 0.6) is 0 Å². The second-order valence-corrected chi connectivity index (χ2v) is 10.7. The summed E-state index contributed by atoms with van der Waals surface area (Å²) in [6.45, 7) is 0. The van der Waals surface area contributed by atoms with Crippen LogP contribution in [0.2, 0.25) is 0 Å². The first-order valence-electron chi connectivity index (χ1n) is 13.9. The van der Waals surface area contributed by atoms with Gasteiger partial charge in [0, 0.05) is 29.8 Å². The molecule has 41 heavy (non-hydrogen) atoms. The summed E-state index contributed by atoms with van der Waals surface area (Å²) in [5.74, 6) is -0.402. The summed E-state index contributed by atoms with van der Waals surface area (Å²) < 4.78 is 39.1. The predicted molar refractivity (Wildman–Crippen MR) is 152 cm³/mol. The molecule has 1 aromatic heterocycles. The molecule has 0 aliphatic heterocycles. The zero-order valence-electron chi connectivity index (χ0n) is 22.5. The van der Waals surface area contributed by atoms with Gasteiger partial charge in [-0.2, -0.15) is 13.2 Å². The molecule has 6 nitrogen and oxygen atoms in total. The van der Waals surface area contributed by atoms with Gasteiger partial charge in [0.25, 0.3) is 0 Å². The lowest BCUT2D eigenvalue weighted by Gasteiger charge is -2.27. The van der Waals surface area contributed by atoms with Crippen LogP contribution in [-0.2, 0) is 4.79 Å². The summed E-state index contributed by atoms with van der Waals surface area (Å²) >= 11 is 0. The average Bonchev–Trinajstić information content (AvgIpc) is 3.39. The first kappa shape index (κ1) is 28.5. The molecule has 2 atom stereocenters. The van der Waals surface area contributed by atoms with Crippen LogP contribution >= 0.6 is 0 Å². The molecule has 1 fully saturated rings. The fourth-order valence-corrected chi connectivity index (χ4v) is 5.44. The SMILES string of the molecule is O=C(CCC(F)(F)F)Nc1cccc(-n2cnc3cc(-c4ccc(C(=O)CCC5CCCCC5O)cc4)ccc32)c1. The molecule has 0 radical (unpaired) electrons. The Morgan fingerprint density at radius 1 is 0.951 bits per heavy atom. The maximum atomic E-state index is 12.7. The van der Waals surface area contributed by atoms with Gasteiger partial charge in [-0.15, -0.1) is 0 Å². The van der Waals surface area contributed by atoms with Crippen LogP contribution in [0, 0.1) is 5.92 Å². The van der Waals surface area contributed by atoms with E-state index < -0.39 is 24.9 Å². The summed E-state index contributed by atoms with van der Waals surface area (Å²) in [6, 6.07) is 20.2. The van der Waals surface area contributed by atoms with E-state index in [0.29, 0.717) is 29.8 Å². The summed E-state index contributed by atoms with van der Waals surface area (Å²) in [7, 11) is 0. The fraction of sp³-hybridized carbons (Fsp3) is 0.344. The lowest BCUT2D eigenvalue weighted by Crippen LogP contribution is -2.24. The van der Waals surface area contributed by atoms with Gasteiger partial charge in [-0.25, -0.2) is 4.98 Å². The number of ketones is 1. The van der Waals surface area contributed by atoms with Crippen LogP contribution in [0.4, 0.5) is 18.9 Å². The smallest absolute Gasteiger partial charge is 0.389 e. The molecule has 0 bridgehead atoms. The third-order valence-electron chi connectivity index (χ3n) is 7.74. The number of halogens is 3. The van der Waals surface area contributed by atoms with Crippen molar-refractivity contribution in [3.63, 3.8) is 0 Å². The number of nitrogens with one attached hydrogen (secondary N) is 1. The molecule has 2 N–H and O–H groups in total. The van der Waals surface area contributed by atoms with E-state index in [4.69, 9.17) is 0 Å². The van der Waals surface area contributed by atoms with Crippen molar-refractivity contribution < 1.29 is 27.9 Å². The van der Waals surface area contributed by atoms with Gasteiger partial charge in [-0.05, 0) is 66.6 Å². The number of anilines is 1. The second-order valence-electron chi connectivity index (χ2n) is 10.7. The molecular weight excluding hydrogens is 531 g/mol. The number of rotatable bonds is 9. The third-order valence-corrected chi connectivity index (χ3v) is 7.74. The molecule has 3 aromatic carbocycles. The number of carbonyl (C=O) groups excluding carboxylic acids is 2. The number of aromatic nitrogens is 2. The van der Waals surface area contributed by atoms with E-state index >= 15 is 0 Å². The van der Waals surface area contributed by atoms with Crippen LogP contribution in [0.15, 0.2) is 73.1 Å². The Morgan fingerprint density at radius 2 is 1.71 bits per heavy atom. The van der Waals surface area contributed by atoms with Crippen molar-refractivity contribution in [1.82, 2.24) is 9.55 Å². The van der Waals surface area contributed by atoms with Crippen molar-refractivity contribution in [2.24, 2.45) is 5.92 Å². The molecule has 9 heteroatoms. The standard InChI is InChI=1S/C32H32F3N3O3/c33-32(34,35)17-16-31(41)37-25-5-3-6-26(19-25)38-20-36-27-18-24(12-14-28(27)38)21-8-10-23(11-9-21)30(40)15-13-22-4-1-2-7-29(22)39/h3,5-6,8-12,14,18-20,22,29,39H,1-2,4,7,13,15-17H2,(H,37,41). The normalized spacial score (nSPS) is 17.5. The monoisotopic (exact) mass is 563 g/mol. The van der Waals surface area contributed by atoms with E-state index in [9.17, 15) is 27.9 Å². The number of aliphatic hydroxyl groups excluding tert-OH is 1. The highest BCUT2D eigenvalue weighted by atomic mass is 19.4. The van der Waals surface area contributed by atoms with Gasteiger partial charge in [-0.1, -0.05) is 49.2 Å². The molecule has 1 amide bonds. The highest BCUT2D eigenvalue weighted by molar-refractivity contribution is 5.96. The second kappa shape index (κ2) is 12.3. The fourth-order valence-electron chi connectivity index (χ4n) is 5.44. The highest BCUT2D eigenvalue weighted by Crippen LogP contribution is 2.30. The lowest BCUT2D eigenvalue weighted by atomic mass is 9.83. The number of imidazole rings is 1. The summed E-state index contributed by atoms with van der Waals surface area (Å²) in [5, 5.41) is 12.7. The van der Waals surface area contributed by atoms with Gasteiger partial charge in [0.05, 0.1) is 23.6 Å². The minimum Gasteiger partial charge on any atom is -0.393 e. The molecule has 1 saturated carbocycles. The van der Waals surface area contributed by atoms with Gasteiger partial charge in [0.15, 0.2) is 5.78 Å². The number of fused-ring (bicyclic) bond motifs is 1. The van der Waals surface area contributed by atoms with Crippen molar-refractivity contribution in [3.8, 4) is 16.8 Å². The Hall–Kier alpha value is -3.98. The first-order valence-corrected chi connectivity index (χ1v) is 13.9. The first-order chi connectivity index (χ1) is 19.7. The van der Waals surface area contributed by atoms with Crippen LogP contribution in [-0.4, -0.2) is 38.6 Å². The molecule has 1 aliphatic rings. The quantitative estimate of drug-likeness (QED) is 0.207. The van der Waals surface area contributed by atoms with Crippen molar-refractivity contribution >= 4 is 28.4 Å². The third kappa shape index (κ3) is 7.21. The zero-order valence-corrected chi connectivity index (χ0v) is 22.5. The molecule has 214 valence electrons. The maximum absolute atomic E-state index is 12.7. The van der Waals surface area contributed by atoms with Gasteiger partial charge in [0.2, 0.25) is 5.91 Å². The van der Waals surface area contributed by atoms with Crippen molar-refractivity contribution in [2.45, 2.75) is 63.6 Å². The largest absolute Gasteiger partial charge is 0.393 e. The molecule has 2 unspecified atom stereocenters. The summed E-state index contributed by atoms with van der Waals surface area (Å²) in [6.07, 6.45) is 0.317. The minimum absolute atomic E-state index is 0.0855. The van der Waals surface area contributed by atoms with Crippen molar-refractivity contribution in [1.29, 1.82) is 0 Å². The van der Waals surface area contributed by atoms with E-state index in [1.165, 1.54) is 0 Å². The van der Waals surface area contributed by atoms with Gasteiger partial charge < -0.3 is 10.4 Å². The molecule has 0 spiro atoms. The number of hydrogen-bond donors (Lipinski definition) is 2. The Bertz CT molecular complexity index is 1530. The van der Waals surface area contributed by atoms with E-state index in [1.54, 1.807) is 24.5 Å². The van der Waals surface area contributed by atoms with E-state index in [0.717, 1.165) is 47.8 Å². The van der Waals surface area contributed by atoms with Gasteiger partial charge in [0.1, 0.15) is 6.33 Å². The minimum atomic E-state index is -4.38. The van der Waals surface area contributed by atoms with E-state index in [-0.39, 0.29) is 17.8 Å². The molecule has 1 aliphatic carbocycles. The van der Waals surface area contributed by atoms with Crippen molar-refractivity contribution in [2.75, 3.05) is 5.32 Å². The number of Topliss-reactive ketones (excluding diaryl/α,β-unsaturated/α-hetero) is 1. The Labute approximate surface area is 236 Å². The topological polar surface area (TPSA) is 84.2 Å². The lowest BCUT2D eigenvalue weighted by molar-refractivity contribution is -0.142. The van der Waals surface area contributed by atoms with Crippen LogP contribution in [0.25, 0.3) is 27.8 Å². The number of benzene rings is 3. The summed E-state index contributed by atoms with van der Waals surface area (Å²) in [5.41, 5.74) is 5.23. The number of carbonyl (C=O) groups is 2. The maximum Gasteiger partial charge on any atom is 0.389 e. The average molecular weight is 564 g/mol. The number of hydrogen-bond acceptors (Lipinski definition) is 4. The van der Waals surface area contributed by atoms with Crippen LogP contribution in [0.3, 0.4) is 0 Å². The van der Waals surface area contributed by atoms with E-state index in [1.807, 2.05) is 53.1 Å². The molecule has 0 saturated heterocycles. The Kier molecular flexibility index (Phi) is 8.54. The number of aliphatic hydroxyl groups is 1. The Balaban J connectivity index is 1.25. The predicted octanol–water partition coefficient (Wildman–Crippen LogP) is 7.49. The molecule has 1 heterocycles. The highest BCUT2D eigenvalue weighted by Gasteiger charge is 2.28. The number of alkyl halides is 3. The van der Waals surface area contributed by atoms with Crippen LogP contribution < -0.4 is 5.32 Å². The molecule has 4 aromatic rings. The van der Waals surface area contributed by atoms with Gasteiger partial charge in [-0.3, -0.25) is 14.2 Å². The zero-order chi connectivity index (χ0) is 29.0. The van der Waals surface area contributed by atoms with Crippen LogP contribution in [0.1, 0.15) is 61.7 Å². The summed E-state index contributed by atoms with van der Waals surface area (Å²) in [4.78, 5) is 29.2. The van der Waals surface area contributed by atoms with Crippen molar-refractivity contribution in [3.05, 3.63) is 78.6 Å². The van der Waals surface area contributed by atoms with E-state index in [2.05, 4.69) is 10.3 Å². The Morgan fingerprint density at radius 3 is 2.46 bits per heavy atom.